The zero-order valence-electron chi connectivity index (χ0n) is 13.5. The van der Waals surface area contributed by atoms with E-state index in [2.05, 4.69) is 12.2 Å². The number of hydrogen-bond acceptors (Lipinski definition) is 2. The van der Waals surface area contributed by atoms with E-state index in [1.165, 1.54) is 51.4 Å². The Morgan fingerprint density at radius 2 is 1.35 bits per heavy atom. The number of hydrogen-bond donors (Lipinski definition) is 2. The second-order valence-electron chi connectivity index (χ2n) is 5.82. The van der Waals surface area contributed by atoms with Crippen LogP contribution < -0.4 is 5.32 Å². The van der Waals surface area contributed by atoms with Gasteiger partial charge in [-0.25, -0.2) is 0 Å². The molecule has 0 spiro atoms. The Kier molecular flexibility index (Phi) is 15.1. The van der Waals surface area contributed by atoms with Crippen molar-refractivity contribution in [1.29, 1.82) is 0 Å². The number of halogens is 1. The first-order valence-electron chi connectivity index (χ1n) is 7.99. The highest BCUT2D eigenvalue weighted by Crippen LogP contribution is 2.16. The highest BCUT2D eigenvalue weighted by molar-refractivity contribution is 5.85. The van der Waals surface area contributed by atoms with Gasteiger partial charge in [-0.15, -0.1) is 12.4 Å². The van der Waals surface area contributed by atoms with E-state index in [4.69, 9.17) is 5.11 Å². The molecule has 20 heavy (non-hydrogen) atoms. The fraction of sp³-hybridized carbons (Fsp3) is 0.938. The molecule has 0 aliphatic rings. The molecule has 0 radical (unpaired) electrons. The molecular weight excluding hydrogens is 274 g/mol. The molecular formula is C16H34ClNO2. The van der Waals surface area contributed by atoms with E-state index in [-0.39, 0.29) is 12.4 Å². The molecule has 0 amide bonds. The largest absolute Gasteiger partial charge is 0.480 e. The lowest BCUT2D eigenvalue weighted by atomic mass is 9.94. The second-order valence-corrected chi connectivity index (χ2v) is 5.82. The van der Waals surface area contributed by atoms with Crippen LogP contribution in [0.15, 0.2) is 0 Å². The molecule has 0 aliphatic carbocycles. The van der Waals surface area contributed by atoms with Gasteiger partial charge in [-0.1, -0.05) is 71.1 Å². The van der Waals surface area contributed by atoms with Crippen molar-refractivity contribution in [2.24, 2.45) is 0 Å². The predicted octanol–water partition coefficient (Wildman–Crippen LogP) is 4.78. The summed E-state index contributed by atoms with van der Waals surface area (Å²) < 4.78 is 0. The number of nitrogens with one attached hydrogen (secondary N) is 1. The summed E-state index contributed by atoms with van der Waals surface area (Å²) in [7, 11) is 1.73. The van der Waals surface area contributed by atoms with E-state index in [1.807, 2.05) is 0 Å². The molecule has 0 rings (SSSR count). The molecule has 0 saturated heterocycles. The molecule has 4 heteroatoms. The normalized spacial score (nSPS) is 13.6. The molecule has 0 saturated carbocycles. The summed E-state index contributed by atoms with van der Waals surface area (Å²) in [5.41, 5.74) is -0.750. The molecule has 0 fully saturated rings. The van der Waals surface area contributed by atoms with Crippen LogP contribution in [-0.4, -0.2) is 23.7 Å². The highest BCUT2D eigenvalue weighted by Gasteiger charge is 2.29. The van der Waals surface area contributed by atoms with Crippen molar-refractivity contribution in [3.05, 3.63) is 0 Å². The van der Waals surface area contributed by atoms with Crippen molar-refractivity contribution in [2.75, 3.05) is 7.05 Å². The van der Waals surface area contributed by atoms with Gasteiger partial charge < -0.3 is 10.4 Å². The summed E-state index contributed by atoms with van der Waals surface area (Å²) in [6.07, 6.45) is 13.6. The van der Waals surface area contributed by atoms with Gasteiger partial charge in [-0.05, 0) is 20.4 Å². The van der Waals surface area contributed by atoms with Crippen LogP contribution in [0, 0.1) is 0 Å². The Morgan fingerprint density at radius 3 is 1.70 bits per heavy atom. The van der Waals surface area contributed by atoms with Gasteiger partial charge >= 0.3 is 5.97 Å². The van der Waals surface area contributed by atoms with E-state index < -0.39 is 11.5 Å². The van der Waals surface area contributed by atoms with E-state index >= 15 is 0 Å². The topological polar surface area (TPSA) is 49.3 Å². The van der Waals surface area contributed by atoms with Crippen LogP contribution in [0.2, 0.25) is 0 Å². The average Bonchev–Trinajstić information content (AvgIpc) is 2.40. The Labute approximate surface area is 131 Å². The van der Waals surface area contributed by atoms with Gasteiger partial charge in [0.1, 0.15) is 5.54 Å². The first-order chi connectivity index (χ1) is 9.06. The maximum Gasteiger partial charge on any atom is 0.323 e. The van der Waals surface area contributed by atoms with Gasteiger partial charge in [0, 0.05) is 0 Å². The zero-order valence-corrected chi connectivity index (χ0v) is 14.4. The molecule has 1 unspecified atom stereocenters. The fourth-order valence-corrected chi connectivity index (χ4v) is 2.30. The number of carboxylic acids is 1. The van der Waals surface area contributed by atoms with Crippen LogP contribution in [0.3, 0.4) is 0 Å². The minimum absolute atomic E-state index is 0. The Hall–Kier alpha value is -0.280. The SMILES string of the molecule is CCCCCCCCCCCCC(C)(NC)C(=O)O.Cl. The third-order valence-electron chi connectivity index (χ3n) is 4.05. The van der Waals surface area contributed by atoms with E-state index in [1.54, 1.807) is 14.0 Å². The quantitative estimate of drug-likeness (QED) is 0.481. The third kappa shape index (κ3) is 10.5. The molecule has 2 N–H and O–H groups in total. The van der Waals surface area contributed by atoms with Crippen LogP contribution in [0.4, 0.5) is 0 Å². The molecule has 0 aromatic heterocycles. The van der Waals surface area contributed by atoms with Crippen LogP contribution in [0.25, 0.3) is 0 Å². The summed E-state index contributed by atoms with van der Waals surface area (Å²) in [6.45, 7) is 4.01. The van der Waals surface area contributed by atoms with Crippen molar-refractivity contribution in [3.8, 4) is 0 Å². The number of rotatable bonds is 13. The van der Waals surface area contributed by atoms with Crippen molar-refractivity contribution < 1.29 is 9.90 Å². The Bertz CT molecular complexity index is 237. The lowest BCUT2D eigenvalue weighted by Gasteiger charge is -2.23. The Morgan fingerprint density at radius 1 is 0.950 bits per heavy atom. The molecule has 122 valence electrons. The first-order valence-corrected chi connectivity index (χ1v) is 7.99. The molecule has 3 nitrogen and oxygen atoms in total. The van der Waals surface area contributed by atoms with E-state index in [9.17, 15) is 4.79 Å². The minimum atomic E-state index is -0.750. The van der Waals surface area contributed by atoms with Crippen molar-refractivity contribution in [1.82, 2.24) is 5.32 Å². The van der Waals surface area contributed by atoms with Crippen LogP contribution in [0.1, 0.15) is 84.5 Å². The Balaban J connectivity index is 0. The van der Waals surface area contributed by atoms with Gasteiger partial charge in [0.2, 0.25) is 0 Å². The van der Waals surface area contributed by atoms with Gasteiger partial charge in [0.15, 0.2) is 0 Å². The summed E-state index contributed by atoms with van der Waals surface area (Å²) in [6, 6.07) is 0. The van der Waals surface area contributed by atoms with Gasteiger partial charge in [-0.3, -0.25) is 4.79 Å². The van der Waals surface area contributed by atoms with Crippen molar-refractivity contribution in [3.63, 3.8) is 0 Å². The van der Waals surface area contributed by atoms with E-state index in [0.717, 1.165) is 19.3 Å². The molecule has 0 bridgehead atoms. The molecule has 1 atom stereocenters. The minimum Gasteiger partial charge on any atom is -0.480 e. The standard InChI is InChI=1S/C16H33NO2.ClH/c1-4-5-6-7-8-9-10-11-12-13-14-16(2,17-3)15(18)19;/h17H,4-14H2,1-3H3,(H,18,19);1H. The van der Waals surface area contributed by atoms with Crippen LogP contribution in [-0.2, 0) is 4.79 Å². The first kappa shape index (κ1) is 22.0. The van der Waals surface area contributed by atoms with Crippen molar-refractivity contribution in [2.45, 2.75) is 90.0 Å². The van der Waals surface area contributed by atoms with Gasteiger partial charge in [0.25, 0.3) is 0 Å². The van der Waals surface area contributed by atoms with Crippen LogP contribution >= 0.6 is 12.4 Å². The number of carbonyl (C=O) groups is 1. The lowest BCUT2D eigenvalue weighted by molar-refractivity contribution is -0.144. The molecule has 0 aliphatic heterocycles. The number of unbranched alkanes of at least 4 members (excludes halogenated alkanes) is 9. The van der Waals surface area contributed by atoms with Gasteiger partial charge in [-0.2, -0.15) is 0 Å². The van der Waals surface area contributed by atoms with E-state index in [0.29, 0.717) is 0 Å². The zero-order chi connectivity index (χ0) is 14.6. The second kappa shape index (κ2) is 13.7. The predicted molar refractivity (Wildman–Crippen MR) is 88.8 cm³/mol. The van der Waals surface area contributed by atoms with Crippen molar-refractivity contribution >= 4 is 18.4 Å². The highest BCUT2D eigenvalue weighted by atomic mass is 35.5. The number of likely N-dealkylation sites (N-methyl/N-ethyl adjacent to an activating group) is 1. The monoisotopic (exact) mass is 307 g/mol. The summed E-state index contributed by atoms with van der Waals surface area (Å²) >= 11 is 0. The lowest BCUT2D eigenvalue weighted by Crippen LogP contribution is -2.47. The smallest absolute Gasteiger partial charge is 0.323 e. The number of aliphatic carboxylic acids is 1. The molecule has 0 aromatic rings. The van der Waals surface area contributed by atoms with Gasteiger partial charge in [0.05, 0.1) is 0 Å². The summed E-state index contributed by atoms with van der Waals surface area (Å²) in [5, 5.41) is 12.0. The molecule has 0 heterocycles. The number of carboxylic acid groups (broad SMARTS) is 1. The maximum absolute atomic E-state index is 11.1. The third-order valence-corrected chi connectivity index (χ3v) is 4.05. The molecule has 0 aromatic carbocycles. The van der Waals surface area contributed by atoms with Crippen LogP contribution in [0.5, 0.6) is 0 Å². The maximum atomic E-state index is 11.1. The summed E-state index contributed by atoms with van der Waals surface area (Å²) in [4.78, 5) is 11.1. The average molecular weight is 308 g/mol. The summed E-state index contributed by atoms with van der Waals surface area (Å²) in [5.74, 6) is -0.745. The fourth-order valence-electron chi connectivity index (χ4n) is 2.30.